The highest BCUT2D eigenvalue weighted by atomic mass is 35.5. The van der Waals surface area contributed by atoms with Crippen LogP contribution in [-0.2, 0) is 11.2 Å². The lowest BCUT2D eigenvalue weighted by Gasteiger charge is -2.14. The van der Waals surface area contributed by atoms with Crippen molar-refractivity contribution in [3.05, 3.63) is 58.9 Å². The Kier molecular flexibility index (Phi) is 4.58. The Morgan fingerprint density at radius 1 is 1.40 bits per heavy atom. The number of hydrogen-bond acceptors (Lipinski definition) is 3. The van der Waals surface area contributed by atoms with Crippen molar-refractivity contribution < 1.29 is 4.79 Å². The highest BCUT2D eigenvalue weighted by Gasteiger charge is 2.11. The minimum atomic E-state index is -0.102. The van der Waals surface area contributed by atoms with Crippen LogP contribution in [0.5, 0.6) is 0 Å². The molecule has 0 unspecified atom stereocenters. The summed E-state index contributed by atoms with van der Waals surface area (Å²) in [5.41, 5.74) is 7.80. The van der Waals surface area contributed by atoms with Gasteiger partial charge in [-0.05, 0) is 36.8 Å². The minimum Gasteiger partial charge on any atom is -0.397 e. The molecule has 0 spiro atoms. The molecule has 3 N–H and O–H groups in total. The molecule has 0 aliphatic heterocycles. The van der Waals surface area contributed by atoms with E-state index in [1.165, 1.54) is 0 Å². The van der Waals surface area contributed by atoms with Crippen LogP contribution in [0, 0.1) is 0 Å². The third kappa shape index (κ3) is 3.96. The SMILES string of the molecule is C[C@H](NC(=O)Cc1ccc(N)cn1)c1cccc(Cl)c1. The molecule has 0 fully saturated rings. The molecule has 4 nitrogen and oxygen atoms in total. The molecule has 1 aromatic carbocycles. The predicted molar refractivity (Wildman–Crippen MR) is 80.4 cm³/mol. The number of nitrogens with one attached hydrogen (secondary N) is 1. The summed E-state index contributed by atoms with van der Waals surface area (Å²) in [6.07, 6.45) is 1.77. The second kappa shape index (κ2) is 6.39. The first-order chi connectivity index (χ1) is 9.54. The minimum absolute atomic E-state index is 0.0882. The number of rotatable bonds is 4. The number of nitrogens with zero attached hydrogens (tertiary/aromatic N) is 1. The molecule has 1 amide bonds. The van der Waals surface area contributed by atoms with Crippen molar-refractivity contribution in [1.29, 1.82) is 0 Å². The zero-order chi connectivity index (χ0) is 14.5. The lowest BCUT2D eigenvalue weighted by molar-refractivity contribution is -0.121. The Hall–Kier alpha value is -2.07. The van der Waals surface area contributed by atoms with Gasteiger partial charge in [-0.25, -0.2) is 0 Å². The van der Waals surface area contributed by atoms with Gasteiger partial charge in [0, 0.05) is 10.7 Å². The first-order valence-corrected chi connectivity index (χ1v) is 6.67. The monoisotopic (exact) mass is 289 g/mol. The smallest absolute Gasteiger partial charge is 0.226 e. The number of nitrogens with two attached hydrogens (primary N) is 1. The number of amides is 1. The van der Waals surface area contributed by atoms with Crippen LogP contribution in [0.2, 0.25) is 5.02 Å². The van der Waals surface area contributed by atoms with Gasteiger partial charge in [0.25, 0.3) is 0 Å². The number of benzene rings is 1. The van der Waals surface area contributed by atoms with E-state index < -0.39 is 0 Å². The van der Waals surface area contributed by atoms with Crippen LogP contribution < -0.4 is 11.1 Å². The van der Waals surface area contributed by atoms with Gasteiger partial charge >= 0.3 is 0 Å². The van der Waals surface area contributed by atoms with Gasteiger partial charge in [-0.15, -0.1) is 0 Å². The average Bonchev–Trinajstić information content (AvgIpc) is 2.41. The van der Waals surface area contributed by atoms with E-state index in [9.17, 15) is 4.79 Å². The number of aromatic nitrogens is 1. The molecule has 2 rings (SSSR count). The number of carbonyl (C=O) groups is 1. The molecule has 1 aromatic heterocycles. The Balaban J connectivity index is 1.95. The normalized spacial score (nSPS) is 11.9. The second-order valence-corrected chi connectivity index (χ2v) is 5.04. The van der Waals surface area contributed by atoms with Crippen molar-refractivity contribution in [1.82, 2.24) is 10.3 Å². The van der Waals surface area contributed by atoms with Crippen molar-refractivity contribution in [2.45, 2.75) is 19.4 Å². The predicted octanol–water partition coefficient (Wildman–Crippen LogP) is 2.74. The summed E-state index contributed by atoms with van der Waals surface area (Å²) in [7, 11) is 0. The fourth-order valence-electron chi connectivity index (χ4n) is 1.86. The maximum atomic E-state index is 12.0. The number of nitrogen functional groups attached to an aromatic ring is 1. The van der Waals surface area contributed by atoms with Gasteiger partial charge in [-0.1, -0.05) is 23.7 Å². The average molecular weight is 290 g/mol. The summed E-state index contributed by atoms with van der Waals surface area (Å²) < 4.78 is 0. The van der Waals surface area contributed by atoms with Gasteiger partial charge in [0.15, 0.2) is 0 Å². The van der Waals surface area contributed by atoms with Crippen LogP contribution in [0.3, 0.4) is 0 Å². The first-order valence-electron chi connectivity index (χ1n) is 6.30. The van der Waals surface area contributed by atoms with Crippen LogP contribution >= 0.6 is 11.6 Å². The van der Waals surface area contributed by atoms with Gasteiger partial charge < -0.3 is 11.1 Å². The molecule has 0 aliphatic rings. The van der Waals surface area contributed by atoms with E-state index in [0.29, 0.717) is 16.4 Å². The lowest BCUT2D eigenvalue weighted by Crippen LogP contribution is -2.28. The highest BCUT2D eigenvalue weighted by molar-refractivity contribution is 6.30. The molecular formula is C15H16ClN3O. The summed E-state index contributed by atoms with van der Waals surface area (Å²) in [5, 5.41) is 3.57. The van der Waals surface area contributed by atoms with Gasteiger partial charge in [-0.3, -0.25) is 9.78 Å². The number of anilines is 1. The zero-order valence-electron chi connectivity index (χ0n) is 11.1. The molecular weight excluding hydrogens is 274 g/mol. The summed E-state index contributed by atoms with van der Waals surface area (Å²) in [4.78, 5) is 16.1. The first kappa shape index (κ1) is 14.3. The quantitative estimate of drug-likeness (QED) is 0.909. The molecule has 20 heavy (non-hydrogen) atoms. The van der Waals surface area contributed by atoms with E-state index in [0.717, 1.165) is 5.56 Å². The molecule has 1 atom stereocenters. The van der Waals surface area contributed by atoms with E-state index in [1.807, 2.05) is 25.1 Å². The topological polar surface area (TPSA) is 68.0 Å². The van der Waals surface area contributed by atoms with E-state index in [2.05, 4.69) is 10.3 Å². The van der Waals surface area contributed by atoms with Crippen LogP contribution in [0.15, 0.2) is 42.6 Å². The molecule has 1 heterocycles. The second-order valence-electron chi connectivity index (χ2n) is 4.60. The van der Waals surface area contributed by atoms with Gasteiger partial charge in [-0.2, -0.15) is 0 Å². The Bertz CT molecular complexity index is 598. The molecule has 0 bridgehead atoms. The summed E-state index contributed by atoms with van der Waals surface area (Å²) in [6.45, 7) is 1.92. The molecule has 0 saturated carbocycles. The number of hydrogen-bond donors (Lipinski definition) is 2. The van der Waals surface area contributed by atoms with Crippen LogP contribution in [0.25, 0.3) is 0 Å². The molecule has 5 heteroatoms. The van der Waals surface area contributed by atoms with Crippen molar-refractivity contribution in [2.24, 2.45) is 0 Å². The molecule has 0 saturated heterocycles. The summed E-state index contributed by atoms with van der Waals surface area (Å²) in [5.74, 6) is -0.0882. The van der Waals surface area contributed by atoms with Gasteiger partial charge in [0.1, 0.15) is 0 Å². The Morgan fingerprint density at radius 2 is 2.20 bits per heavy atom. The molecule has 0 radical (unpaired) electrons. The maximum absolute atomic E-state index is 12.0. The number of halogens is 1. The van der Waals surface area contributed by atoms with Gasteiger partial charge in [0.2, 0.25) is 5.91 Å². The van der Waals surface area contributed by atoms with Gasteiger partial charge in [0.05, 0.1) is 24.3 Å². The van der Waals surface area contributed by atoms with E-state index in [4.69, 9.17) is 17.3 Å². The van der Waals surface area contributed by atoms with Crippen molar-refractivity contribution in [3.63, 3.8) is 0 Å². The fraction of sp³-hybridized carbons (Fsp3) is 0.200. The largest absolute Gasteiger partial charge is 0.397 e. The maximum Gasteiger partial charge on any atom is 0.226 e. The standard InChI is InChI=1S/C15H16ClN3O/c1-10(11-3-2-4-12(16)7-11)19-15(20)8-14-6-5-13(17)9-18-14/h2-7,9-10H,8,17H2,1H3,(H,19,20)/t10-/m0/s1. The lowest BCUT2D eigenvalue weighted by atomic mass is 10.1. The van der Waals surface area contributed by atoms with Crippen molar-refractivity contribution in [2.75, 3.05) is 5.73 Å². The van der Waals surface area contributed by atoms with Crippen LogP contribution in [-0.4, -0.2) is 10.9 Å². The van der Waals surface area contributed by atoms with E-state index >= 15 is 0 Å². The zero-order valence-corrected chi connectivity index (χ0v) is 11.9. The molecule has 104 valence electrons. The molecule has 0 aliphatic carbocycles. The Labute approximate surface area is 123 Å². The summed E-state index contributed by atoms with van der Waals surface area (Å²) >= 11 is 5.94. The van der Waals surface area contributed by atoms with Crippen molar-refractivity contribution >= 4 is 23.2 Å². The Morgan fingerprint density at radius 3 is 2.85 bits per heavy atom. The summed E-state index contributed by atoms with van der Waals surface area (Å²) in [6, 6.07) is 10.8. The molecule has 2 aromatic rings. The fourth-order valence-corrected chi connectivity index (χ4v) is 2.06. The third-order valence-electron chi connectivity index (χ3n) is 2.92. The van der Waals surface area contributed by atoms with Crippen LogP contribution in [0.4, 0.5) is 5.69 Å². The third-order valence-corrected chi connectivity index (χ3v) is 3.15. The highest BCUT2D eigenvalue weighted by Crippen LogP contribution is 2.17. The number of carbonyl (C=O) groups excluding carboxylic acids is 1. The van der Waals surface area contributed by atoms with Crippen molar-refractivity contribution in [3.8, 4) is 0 Å². The van der Waals surface area contributed by atoms with E-state index in [-0.39, 0.29) is 18.4 Å². The van der Waals surface area contributed by atoms with Crippen LogP contribution in [0.1, 0.15) is 24.2 Å². The van der Waals surface area contributed by atoms with E-state index in [1.54, 1.807) is 24.4 Å². The number of pyridine rings is 1.